The minimum Gasteiger partial charge on any atom is -0.444 e. The highest BCUT2D eigenvalue weighted by Crippen LogP contribution is 2.28. The molecule has 26 heavy (non-hydrogen) atoms. The highest BCUT2D eigenvalue weighted by Gasteiger charge is 2.28. The van der Waals surface area contributed by atoms with Crippen LogP contribution in [0.3, 0.4) is 0 Å². The van der Waals surface area contributed by atoms with E-state index in [-0.39, 0.29) is 12.0 Å². The van der Waals surface area contributed by atoms with Crippen molar-refractivity contribution in [1.82, 2.24) is 15.5 Å². The average molecular weight is 378 g/mol. The number of rotatable bonds is 7. The summed E-state index contributed by atoms with van der Waals surface area (Å²) in [4.78, 5) is 12.2. The Hall–Kier alpha value is -2.02. The van der Waals surface area contributed by atoms with Crippen molar-refractivity contribution >= 4 is 17.9 Å². The van der Waals surface area contributed by atoms with Crippen molar-refractivity contribution in [3.63, 3.8) is 0 Å². The highest BCUT2D eigenvalue weighted by atomic mass is 32.2. The molecule has 0 bridgehead atoms. The number of nitrogens with one attached hydrogen (secondary N) is 1. The van der Waals surface area contributed by atoms with Gasteiger partial charge in [0, 0.05) is 5.75 Å². The third-order valence-electron chi connectivity index (χ3n) is 3.78. The first-order chi connectivity index (χ1) is 12.3. The van der Waals surface area contributed by atoms with E-state index in [4.69, 9.17) is 9.15 Å². The van der Waals surface area contributed by atoms with Gasteiger partial charge in [0.25, 0.3) is 5.22 Å². The fourth-order valence-electron chi connectivity index (χ4n) is 2.24. The van der Waals surface area contributed by atoms with Gasteiger partial charge in [0.1, 0.15) is 11.6 Å². The molecule has 0 aliphatic carbocycles. The summed E-state index contributed by atoms with van der Waals surface area (Å²) >= 11 is 1.48. The second-order valence-electron chi connectivity index (χ2n) is 7.19. The number of alkyl carbamates (subject to hydrolysis) is 1. The molecule has 7 heteroatoms. The molecule has 142 valence electrons. The summed E-state index contributed by atoms with van der Waals surface area (Å²) in [5, 5.41) is 11.6. The third-order valence-corrected chi connectivity index (χ3v) is 4.67. The molecule has 0 saturated heterocycles. The Labute approximate surface area is 159 Å². The third kappa shape index (κ3) is 6.37. The van der Waals surface area contributed by atoms with Crippen LogP contribution < -0.4 is 5.32 Å². The van der Waals surface area contributed by atoms with E-state index in [0.717, 1.165) is 12.2 Å². The van der Waals surface area contributed by atoms with Crippen LogP contribution in [0.2, 0.25) is 0 Å². The second kappa shape index (κ2) is 9.07. The van der Waals surface area contributed by atoms with Crippen molar-refractivity contribution < 1.29 is 13.9 Å². The van der Waals surface area contributed by atoms with E-state index < -0.39 is 11.7 Å². The Balaban J connectivity index is 2.04. The zero-order chi connectivity index (χ0) is 19.2. The summed E-state index contributed by atoms with van der Waals surface area (Å²) in [7, 11) is 0. The van der Waals surface area contributed by atoms with Crippen molar-refractivity contribution in [2.45, 2.75) is 63.7 Å². The summed E-state index contributed by atoms with van der Waals surface area (Å²) in [6.45, 7) is 9.57. The van der Waals surface area contributed by atoms with Crippen LogP contribution in [-0.2, 0) is 10.5 Å². The lowest BCUT2D eigenvalue weighted by molar-refractivity contribution is 0.0474. The van der Waals surface area contributed by atoms with Crippen LogP contribution in [0.4, 0.5) is 4.79 Å². The molecule has 0 radical (unpaired) electrons. The molecular formula is C19H27N3O3S. The zero-order valence-electron chi connectivity index (χ0n) is 16.0. The number of nitrogens with zero attached hydrogens (tertiary/aromatic N) is 2. The van der Waals surface area contributed by atoms with Gasteiger partial charge in [0.2, 0.25) is 5.89 Å². The standard InChI is InChI=1S/C19H27N3O3S/c1-6-13(2)15(20-17(23)25-19(3,4)5)16-21-22-18(24-16)26-12-14-10-8-7-9-11-14/h7-11,13,15H,6,12H2,1-5H3,(H,20,23)/t13-,15-/m0/s1. The van der Waals surface area contributed by atoms with Gasteiger partial charge < -0.3 is 14.5 Å². The first kappa shape index (κ1) is 20.3. The second-order valence-corrected chi connectivity index (χ2v) is 8.12. The number of amides is 1. The first-order valence-electron chi connectivity index (χ1n) is 8.78. The van der Waals surface area contributed by atoms with E-state index in [1.54, 1.807) is 0 Å². The lowest BCUT2D eigenvalue weighted by atomic mass is 9.99. The molecule has 1 heterocycles. The molecule has 2 aromatic rings. The summed E-state index contributed by atoms with van der Waals surface area (Å²) < 4.78 is 11.1. The van der Waals surface area contributed by atoms with Crippen LogP contribution in [0.25, 0.3) is 0 Å². The smallest absolute Gasteiger partial charge is 0.408 e. The number of thioether (sulfide) groups is 1. The normalized spacial score (nSPS) is 13.9. The molecule has 0 aliphatic heterocycles. The molecule has 2 atom stereocenters. The lowest BCUT2D eigenvalue weighted by Gasteiger charge is -2.24. The van der Waals surface area contributed by atoms with Crippen molar-refractivity contribution in [2.24, 2.45) is 5.92 Å². The number of ether oxygens (including phenoxy) is 1. The Morgan fingerprint density at radius 2 is 1.96 bits per heavy atom. The van der Waals surface area contributed by atoms with E-state index in [2.05, 4.69) is 34.6 Å². The zero-order valence-corrected chi connectivity index (χ0v) is 16.8. The maximum atomic E-state index is 12.2. The Morgan fingerprint density at radius 3 is 2.58 bits per heavy atom. The number of carbonyl (C=O) groups excluding carboxylic acids is 1. The molecule has 0 saturated carbocycles. The summed E-state index contributed by atoms with van der Waals surface area (Å²) in [6.07, 6.45) is 0.370. The minimum atomic E-state index is -0.560. The van der Waals surface area contributed by atoms with Crippen LogP contribution in [0.5, 0.6) is 0 Å². The largest absolute Gasteiger partial charge is 0.444 e. The number of hydrogen-bond donors (Lipinski definition) is 1. The minimum absolute atomic E-state index is 0.134. The van der Waals surface area contributed by atoms with Gasteiger partial charge in [-0.3, -0.25) is 0 Å². The molecule has 6 nitrogen and oxygen atoms in total. The van der Waals surface area contributed by atoms with Gasteiger partial charge in [-0.25, -0.2) is 4.79 Å². The molecule has 0 unspecified atom stereocenters. The van der Waals surface area contributed by atoms with E-state index in [0.29, 0.717) is 11.1 Å². The summed E-state index contributed by atoms with van der Waals surface area (Å²) in [6, 6.07) is 9.70. The molecule has 1 amide bonds. The van der Waals surface area contributed by atoms with E-state index >= 15 is 0 Å². The number of hydrogen-bond acceptors (Lipinski definition) is 6. The topological polar surface area (TPSA) is 77.2 Å². The predicted molar refractivity (Wildman–Crippen MR) is 102 cm³/mol. The Kier molecular flexibility index (Phi) is 7.08. The van der Waals surface area contributed by atoms with Crippen LogP contribution in [0, 0.1) is 5.92 Å². The van der Waals surface area contributed by atoms with Gasteiger partial charge in [-0.1, -0.05) is 62.4 Å². The quantitative estimate of drug-likeness (QED) is 0.686. The van der Waals surface area contributed by atoms with Gasteiger partial charge in [-0.2, -0.15) is 0 Å². The SMILES string of the molecule is CC[C@H](C)[C@H](NC(=O)OC(C)(C)C)c1nnc(SCc2ccccc2)o1. The maximum Gasteiger partial charge on any atom is 0.408 e. The Bertz CT molecular complexity index is 698. The fourth-order valence-corrected chi connectivity index (χ4v) is 2.97. The average Bonchev–Trinajstić information content (AvgIpc) is 3.05. The molecule has 0 fully saturated rings. The lowest BCUT2D eigenvalue weighted by Crippen LogP contribution is -2.37. The molecule has 1 aromatic heterocycles. The Morgan fingerprint density at radius 1 is 1.27 bits per heavy atom. The van der Waals surface area contributed by atoms with E-state index in [1.165, 1.54) is 17.3 Å². The fraction of sp³-hybridized carbons (Fsp3) is 0.526. The highest BCUT2D eigenvalue weighted by molar-refractivity contribution is 7.98. The van der Waals surface area contributed by atoms with Crippen LogP contribution in [0.15, 0.2) is 40.0 Å². The van der Waals surface area contributed by atoms with Crippen LogP contribution in [0.1, 0.15) is 58.5 Å². The number of carbonyl (C=O) groups is 1. The van der Waals surface area contributed by atoms with Crippen LogP contribution >= 0.6 is 11.8 Å². The van der Waals surface area contributed by atoms with E-state index in [1.807, 2.05) is 45.9 Å². The van der Waals surface area contributed by atoms with Gasteiger partial charge in [0.05, 0.1) is 0 Å². The molecule has 0 spiro atoms. The van der Waals surface area contributed by atoms with Crippen molar-refractivity contribution in [1.29, 1.82) is 0 Å². The molecule has 2 rings (SSSR count). The van der Waals surface area contributed by atoms with Crippen LogP contribution in [-0.4, -0.2) is 21.9 Å². The van der Waals surface area contributed by atoms with Gasteiger partial charge >= 0.3 is 6.09 Å². The van der Waals surface area contributed by atoms with Crippen molar-refractivity contribution in [3.8, 4) is 0 Å². The molecular weight excluding hydrogens is 350 g/mol. The van der Waals surface area contributed by atoms with Gasteiger partial charge in [0.15, 0.2) is 0 Å². The van der Waals surface area contributed by atoms with Crippen molar-refractivity contribution in [3.05, 3.63) is 41.8 Å². The first-order valence-corrected chi connectivity index (χ1v) is 9.76. The maximum absolute atomic E-state index is 12.2. The molecule has 1 aromatic carbocycles. The van der Waals surface area contributed by atoms with Gasteiger partial charge in [-0.05, 0) is 32.3 Å². The molecule has 0 aliphatic rings. The monoisotopic (exact) mass is 377 g/mol. The van der Waals surface area contributed by atoms with Crippen molar-refractivity contribution in [2.75, 3.05) is 0 Å². The summed E-state index contributed by atoms with van der Waals surface area (Å²) in [5.74, 6) is 1.28. The number of benzene rings is 1. The van der Waals surface area contributed by atoms with E-state index in [9.17, 15) is 4.79 Å². The molecule has 1 N–H and O–H groups in total. The number of aromatic nitrogens is 2. The summed E-state index contributed by atoms with van der Waals surface area (Å²) in [5.41, 5.74) is 0.623. The van der Waals surface area contributed by atoms with Gasteiger partial charge in [-0.15, -0.1) is 10.2 Å². The predicted octanol–water partition coefficient (Wildman–Crippen LogP) is 4.97.